The van der Waals surface area contributed by atoms with Crippen LogP contribution in [0, 0.1) is 10.1 Å². The number of alkyl halides is 3. The van der Waals surface area contributed by atoms with Gasteiger partial charge in [0.15, 0.2) is 0 Å². The zero-order valence-corrected chi connectivity index (χ0v) is 12.1. The lowest BCUT2D eigenvalue weighted by molar-refractivity contribution is -0.384. The second-order valence-electron chi connectivity index (χ2n) is 4.55. The van der Waals surface area contributed by atoms with Gasteiger partial charge >= 0.3 is 11.9 Å². The van der Waals surface area contributed by atoms with E-state index in [0.29, 0.717) is 6.07 Å². The van der Waals surface area contributed by atoms with Crippen molar-refractivity contribution in [1.82, 2.24) is 10.3 Å². The molecular weight excluding hydrogens is 355 g/mol. The lowest BCUT2D eigenvalue weighted by atomic mass is 10.2. The molecule has 11 heteroatoms. The van der Waals surface area contributed by atoms with Crippen LogP contribution in [0.1, 0.15) is 5.56 Å². The highest BCUT2D eigenvalue weighted by molar-refractivity contribution is 6.32. The molecule has 0 unspecified atom stereocenters. The summed E-state index contributed by atoms with van der Waals surface area (Å²) >= 11 is 5.77. The standard InChI is InChI=1S/C13H5ClF3N3O4/c14-7-5-6(13(15,16)17)1-3-9(7)23-10-4-2-8-11(19-24-18-8)12(10)20(21)22/h1-5H. The highest BCUT2D eigenvalue weighted by Crippen LogP contribution is 2.40. The van der Waals surface area contributed by atoms with Gasteiger partial charge in [0.05, 0.1) is 15.5 Å². The number of benzene rings is 2. The van der Waals surface area contributed by atoms with Crippen LogP contribution in [0.4, 0.5) is 18.9 Å². The number of aromatic nitrogens is 2. The van der Waals surface area contributed by atoms with E-state index >= 15 is 0 Å². The monoisotopic (exact) mass is 359 g/mol. The number of fused-ring (bicyclic) bond motifs is 1. The Morgan fingerprint density at radius 3 is 2.50 bits per heavy atom. The molecule has 0 aliphatic heterocycles. The maximum absolute atomic E-state index is 12.6. The van der Waals surface area contributed by atoms with Crippen molar-refractivity contribution in [2.75, 3.05) is 0 Å². The van der Waals surface area contributed by atoms with E-state index in [0.717, 1.165) is 12.1 Å². The van der Waals surface area contributed by atoms with Crippen LogP contribution in [0.15, 0.2) is 35.0 Å². The Kier molecular flexibility index (Phi) is 3.76. The first-order valence-corrected chi connectivity index (χ1v) is 6.59. The third kappa shape index (κ3) is 2.83. The molecule has 0 spiro atoms. The SMILES string of the molecule is O=[N+]([O-])c1c(Oc2ccc(C(F)(F)F)cc2Cl)ccc2nonc12. The number of hydrogen-bond donors (Lipinski definition) is 0. The Balaban J connectivity index is 2.04. The van der Waals surface area contributed by atoms with Crippen LogP contribution in [0.2, 0.25) is 5.02 Å². The Morgan fingerprint density at radius 2 is 1.88 bits per heavy atom. The fraction of sp³-hybridized carbons (Fsp3) is 0.0769. The van der Waals surface area contributed by atoms with E-state index in [1.165, 1.54) is 12.1 Å². The van der Waals surface area contributed by atoms with Crippen LogP contribution in [-0.4, -0.2) is 15.2 Å². The minimum Gasteiger partial charge on any atom is -0.448 e. The summed E-state index contributed by atoms with van der Waals surface area (Å²) in [5.74, 6) is -0.437. The molecule has 0 bridgehead atoms. The van der Waals surface area contributed by atoms with Crippen molar-refractivity contribution < 1.29 is 27.5 Å². The topological polar surface area (TPSA) is 91.3 Å². The first-order chi connectivity index (χ1) is 11.3. The second-order valence-corrected chi connectivity index (χ2v) is 4.95. The smallest absolute Gasteiger partial charge is 0.416 e. The largest absolute Gasteiger partial charge is 0.448 e. The van der Waals surface area contributed by atoms with Crippen LogP contribution in [0.5, 0.6) is 11.5 Å². The van der Waals surface area contributed by atoms with Gasteiger partial charge in [0.2, 0.25) is 11.3 Å². The number of nitro groups is 1. The molecule has 0 aliphatic carbocycles. The van der Waals surface area contributed by atoms with Crippen molar-refractivity contribution in [3.63, 3.8) is 0 Å². The number of nitro benzene ring substituents is 1. The Morgan fingerprint density at radius 1 is 1.17 bits per heavy atom. The number of nitrogens with zero attached hydrogens (tertiary/aromatic N) is 3. The van der Waals surface area contributed by atoms with Gasteiger partial charge in [0, 0.05) is 0 Å². The third-order valence-corrected chi connectivity index (χ3v) is 3.32. The lowest BCUT2D eigenvalue weighted by Gasteiger charge is -2.11. The minimum atomic E-state index is -4.57. The molecule has 0 atom stereocenters. The maximum atomic E-state index is 12.6. The number of hydrogen-bond acceptors (Lipinski definition) is 6. The summed E-state index contributed by atoms with van der Waals surface area (Å²) in [7, 11) is 0. The van der Waals surface area contributed by atoms with Crippen LogP contribution in [-0.2, 0) is 6.18 Å². The average molecular weight is 360 g/mol. The van der Waals surface area contributed by atoms with Crippen molar-refractivity contribution in [2.45, 2.75) is 6.18 Å². The van der Waals surface area contributed by atoms with E-state index in [2.05, 4.69) is 14.9 Å². The Bertz CT molecular complexity index is 942. The fourth-order valence-corrected chi connectivity index (χ4v) is 2.18. The van der Waals surface area contributed by atoms with Crippen LogP contribution in [0.25, 0.3) is 11.0 Å². The lowest BCUT2D eigenvalue weighted by Crippen LogP contribution is -2.04. The van der Waals surface area contributed by atoms with E-state index in [1.54, 1.807) is 0 Å². The molecule has 0 radical (unpaired) electrons. The van der Waals surface area contributed by atoms with Crippen molar-refractivity contribution >= 4 is 28.3 Å². The molecule has 124 valence electrons. The number of halogens is 4. The molecule has 0 fully saturated rings. The van der Waals surface area contributed by atoms with Gasteiger partial charge in [-0.3, -0.25) is 10.1 Å². The summed E-state index contributed by atoms with van der Waals surface area (Å²) in [6, 6.07) is 4.97. The first kappa shape index (κ1) is 16.0. The number of ether oxygens (including phenoxy) is 1. The number of rotatable bonds is 3. The molecule has 3 rings (SSSR count). The molecule has 7 nitrogen and oxygen atoms in total. The van der Waals surface area contributed by atoms with Gasteiger partial charge in [-0.25, -0.2) is 4.63 Å². The van der Waals surface area contributed by atoms with Crippen molar-refractivity contribution in [1.29, 1.82) is 0 Å². The molecular formula is C13H5ClF3N3O4. The molecule has 1 heterocycles. The average Bonchev–Trinajstić information content (AvgIpc) is 2.95. The molecule has 0 N–H and O–H groups in total. The molecule has 0 aliphatic rings. The van der Waals surface area contributed by atoms with Crippen LogP contribution in [0.3, 0.4) is 0 Å². The molecule has 1 aromatic heterocycles. The van der Waals surface area contributed by atoms with Crippen molar-refractivity contribution in [3.05, 3.63) is 51.0 Å². The predicted octanol–water partition coefficient (Wildman–Crippen LogP) is 4.60. The maximum Gasteiger partial charge on any atom is 0.416 e. The molecule has 3 aromatic rings. The van der Waals surface area contributed by atoms with E-state index in [9.17, 15) is 23.3 Å². The summed E-state index contributed by atoms with van der Waals surface area (Å²) in [5.41, 5.74) is -1.52. The summed E-state index contributed by atoms with van der Waals surface area (Å²) in [6.07, 6.45) is -4.57. The highest BCUT2D eigenvalue weighted by atomic mass is 35.5. The first-order valence-electron chi connectivity index (χ1n) is 6.21. The quantitative estimate of drug-likeness (QED) is 0.501. The minimum absolute atomic E-state index is 0.132. The summed E-state index contributed by atoms with van der Waals surface area (Å²) in [5, 5.41) is 17.8. The van der Waals surface area contributed by atoms with Gasteiger partial charge in [-0.2, -0.15) is 13.2 Å². The molecule has 24 heavy (non-hydrogen) atoms. The zero-order chi connectivity index (χ0) is 17.5. The van der Waals surface area contributed by atoms with Gasteiger partial charge in [-0.1, -0.05) is 11.6 Å². The zero-order valence-electron chi connectivity index (χ0n) is 11.4. The van der Waals surface area contributed by atoms with Crippen molar-refractivity contribution in [2.24, 2.45) is 0 Å². The summed E-state index contributed by atoms with van der Waals surface area (Å²) in [4.78, 5) is 10.5. The van der Waals surface area contributed by atoms with Gasteiger partial charge in [-0.15, -0.1) is 0 Å². The molecule has 2 aromatic carbocycles. The summed E-state index contributed by atoms with van der Waals surface area (Å²) in [6.45, 7) is 0. The van der Waals surface area contributed by atoms with E-state index in [1.807, 2.05) is 0 Å². The van der Waals surface area contributed by atoms with E-state index < -0.39 is 22.4 Å². The van der Waals surface area contributed by atoms with E-state index in [4.69, 9.17) is 16.3 Å². The molecule has 0 amide bonds. The summed E-state index contributed by atoms with van der Waals surface area (Å²) < 4.78 is 47.6. The van der Waals surface area contributed by atoms with Gasteiger partial charge in [-0.05, 0) is 40.6 Å². The normalized spacial score (nSPS) is 11.7. The van der Waals surface area contributed by atoms with Crippen LogP contribution < -0.4 is 4.74 Å². The van der Waals surface area contributed by atoms with Crippen LogP contribution >= 0.6 is 11.6 Å². The van der Waals surface area contributed by atoms with Gasteiger partial charge in [0.1, 0.15) is 11.3 Å². The highest BCUT2D eigenvalue weighted by Gasteiger charge is 2.31. The third-order valence-electron chi connectivity index (χ3n) is 3.03. The Labute approximate surface area is 135 Å². The van der Waals surface area contributed by atoms with E-state index in [-0.39, 0.29) is 27.6 Å². The fourth-order valence-electron chi connectivity index (χ4n) is 1.96. The Hall–Kier alpha value is -2.88. The molecule has 0 saturated heterocycles. The second kappa shape index (κ2) is 5.64. The molecule has 0 saturated carbocycles. The van der Waals surface area contributed by atoms with Gasteiger partial charge in [0.25, 0.3) is 0 Å². The predicted molar refractivity (Wildman–Crippen MR) is 75.0 cm³/mol. The van der Waals surface area contributed by atoms with Crippen molar-refractivity contribution in [3.8, 4) is 11.5 Å². The van der Waals surface area contributed by atoms with Gasteiger partial charge < -0.3 is 4.74 Å².